The number of nitrogens with zero attached hydrogens (tertiary/aromatic N) is 2. The van der Waals surface area contributed by atoms with Crippen molar-refractivity contribution in [3.8, 4) is 0 Å². The zero-order valence-corrected chi connectivity index (χ0v) is 9.93. The van der Waals surface area contributed by atoms with Crippen molar-refractivity contribution in [3.63, 3.8) is 0 Å². The van der Waals surface area contributed by atoms with Crippen LogP contribution in [0.1, 0.15) is 20.3 Å². The largest absolute Gasteiger partial charge is 0.289 e. The highest BCUT2D eigenvalue weighted by Crippen LogP contribution is 2.54. The molecule has 0 aromatic rings. The van der Waals surface area contributed by atoms with Gasteiger partial charge in [0.25, 0.3) is 0 Å². The highest BCUT2D eigenvalue weighted by Gasteiger charge is 2.33. The van der Waals surface area contributed by atoms with Crippen molar-refractivity contribution in [2.24, 2.45) is 0 Å². The van der Waals surface area contributed by atoms with Crippen molar-refractivity contribution in [3.05, 3.63) is 0 Å². The summed E-state index contributed by atoms with van der Waals surface area (Å²) in [6.07, 6.45) is 0.952. The van der Waals surface area contributed by atoms with Gasteiger partial charge in [0.05, 0.1) is 0 Å². The van der Waals surface area contributed by atoms with Gasteiger partial charge in [0.15, 0.2) is 0 Å². The van der Waals surface area contributed by atoms with Crippen molar-refractivity contribution in [2.45, 2.75) is 25.9 Å². The first-order chi connectivity index (χ1) is 5.37. The van der Waals surface area contributed by atoms with Gasteiger partial charge < -0.3 is 0 Å². The molecule has 0 spiro atoms. The van der Waals surface area contributed by atoms with E-state index in [0.29, 0.717) is 0 Å². The van der Waals surface area contributed by atoms with Crippen LogP contribution in [0.5, 0.6) is 0 Å². The van der Waals surface area contributed by atoms with Gasteiger partial charge >= 0.3 is 0 Å². The highest BCUT2D eigenvalue weighted by atomic mass is 31.2. The minimum Gasteiger partial charge on any atom is -0.289 e. The predicted octanol–water partition coefficient (Wildman–Crippen LogP) is 2.10. The van der Waals surface area contributed by atoms with Crippen LogP contribution in [0.2, 0.25) is 0 Å². The van der Waals surface area contributed by atoms with Crippen LogP contribution in [-0.4, -0.2) is 43.2 Å². The Hall–Kier alpha value is 0.150. The molecule has 0 amide bonds. The minimum atomic E-state index is -2.29. The Morgan fingerprint density at radius 2 is 1.50 bits per heavy atom. The van der Waals surface area contributed by atoms with Gasteiger partial charge in [-0.3, -0.25) is 4.57 Å². The van der Waals surface area contributed by atoms with Crippen LogP contribution in [0, 0.1) is 0 Å². The molecule has 0 radical (unpaired) electrons. The molecule has 12 heavy (non-hydrogen) atoms. The maximum atomic E-state index is 12.4. The highest BCUT2D eigenvalue weighted by molar-refractivity contribution is 7.59. The molecule has 0 rings (SSSR count). The molecule has 0 aliphatic rings. The quantitative estimate of drug-likeness (QED) is 0.637. The summed E-state index contributed by atoms with van der Waals surface area (Å²) in [5, 5.41) is 0. The first-order valence-corrected chi connectivity index (χ1v) is 6.00. The number of rotatable bonds is 4. The van der Waals surface area contributed by atoms with Crippen LogP contribution in [-0.2, 0) is 4.57 Å². The summed E-state index contributed by atoms with van der Waals surface area (Å²) < 4.78 is 16.1. The summed E-state index contributed by atoms with van der Waals surface area (Å²) in [5.41, 5.74) is 0.238. The van der Waals surface area contributed by atoms with Gasteiger partial charge in [-0.05, 0) is 34.6 Å². The zero-order chi connectivity index (χ0) is 9.94. The smallest absolute Gasteiger partial charge is 0.218 e. The molecular weight excluding hydrogens is 171 g/mol. The molecule has 0 aromatic heterocycles. The van der Waals surface area contributed by atoms with Crippen molar-refractivity contribution in [1.82, 2.24) is 9.34 Å². The van der Waals surface area contributed by atoms with Crippen LogP contribution < -0.4 is 0 Å². The lowest BCUT2D eigenvalue weighted by molar-refractivity contribution is 0.433. The average molecular weight is 192 g/mol. The minimum absolute atomic E-state index is 0.238. The molecule has 4 heteroatoms. The summed E-state index contributed by atoms with van der Waals surface area (Å²) >= 11 is 0. The van der Waals surface area contributed by atoms with E-state index in [9.17, 15) is 4.57 Å². The van der Waals surface area contributed by atoms with E-state index in [1.54, 1.807) is 0 Å². The van der Waals surface area contributed by atoms with E-state index in [4.69, 9.17) is 0 Å². The van der Waals surface area contributed by atoms with E-state index in [2.05, 4.69) is 6.92 Å². The fourth-order valence-corrected chi connectivity index (χ4v) is 4.15. The maximum Gasteiger partial charge on any atom is 0.218 e. The second-order valence-electron chi connectivity index (χ2n) is 3.54. The summed E-state index contributed by atoms with van der Waals surface area (Å²) in [6, 6.07) is 0. The number of hydrogen-bond acceptors (Lipinski definition) is 1. The Balaban J connectivity index is 4.75. The first-order valence-electron chi connectivity index (χ1n) is 4.32. The molecule has 0 N–H and O–H groups in total. The van der Waals surface area contributed by atoms with Crippen molar-refractivity contribution < 1.29 is 4.57 Å². The predicted molar refractivity (Wildman–Crippen MR) is 54.7 cm³/mol. The topological polar surface area (TPSA) is 23.6 Å². The van der Waals surface area contributed by atoms with Gasteiger partial charge in [-0.25, -0.2) is 9.34 Å². The van der Waals surface area contributed by atoms with E-state index >= 15 is 0 Å². The fourth-order valence-electron chi connectivity index (χ4n) is 1.38. The van der Waals surface area contributed by atoms with E-state index < -0.39 is 7.44 Å². The van der Waals surface area contributed by atoms with E-state index in [0.717, 1.165) is 6.42 Å². The Labute approximate surface area is 76.2 Å². The van der Waals surface area contributed by atoms with Gasteiger partial charge in [-0.2, -0.15) is 0 Å². The lowest BCUT2D eigenvalue weighted by Gasteiger charge is -2.34. The van der Waals surface area contributed by atoms with Crippen LogP contribution in [0.25, 0.3) is 0 Å². The molecule has 0 fully saturated rings. The lowest BCUT2D eigenvalue weighted by atomic mass is 10.4. The summed E-state index contributed by atoms with van der Waals surface area (Å²) in [6.45, 7) is 4.12. The van der Waals surface area contributed by atoms with Gasteiger partial charge in [-0.15, -0.1) is 0 Å². The molecular formula is C8H21N2OP. The first kappa shape index (κ1) is 12.2. The van der Waals surface area contributed by atoms with E-state index in [1.807, 2.05) is 44.5 Å². The summed E-state index contributed by atoms with van der Waals surface area (Å²) in [5.74, 6) is 0. The molecule has 74 valence electrons. The third-order valence-electron chi connectivity index (χ3n) is 2.31. The van der Waals surface area contributed by atoms with Crippen molar-refractivity contribution >= 4 is 7.44 Å². The van der Waals surface area contributed by atoms with Gasteiger partial charge in [-0.1, -0.05) is 13.8 Å². The monoisotopic (exact) mass is 192 g/mol. The Morgan fingerprint density at radius 3 is 1.58 bits per heavy atom. The van der Waals surface area contributed by atoms with E-state index in [1.165, 1.54) is 0 Å². The second kappa shape index (κ2) is 4.40. The van der Waals surface area contributed by atoms with E-state index in [-0.39, 0.29) is 5.66 Å². The van der Waals surface area contributed by atoms with Gasteiger partial charge in [0.2, 0.25) is 7.44 Å². The van der Waals surface area contributed by atoms with Crippen LogP contribution in [0.4, 0.5) is 0 Å². The molecule has 0 saturated heterocycles. The molecule has 0 unspecified atom stereocenters. The van der Waals surface area contributed by atoms with Gasteiger partial charge in [0, 0.05) is 5.66 Å². The molecule has 1 atom stereocenters. The van der Waals surface area contributed by atoms with Crippen LogP contribution >= 0.6 is 7.44 Å². The molecule has 0 saturated carbocycles. The molecule has 0 bridgehead atoms. The normalized spacial score (nSPS) is 15.7. The fraction of sp³-hybridized carbons (Fsp3) is 1.00. The molecule has 3 nitrogen and oxygen atoms in total. The molecule has 0 aliphatic carbocycles. The second-order valence-corrected chi connectivity index (χ2v) is 7.20. The average Bonchev–Trinajstić information content (AvgIpc) is 2.00. The SMILES string of the molecule is CC[C@H](C)P(=O)(N(C)C)N(C)C. The molecule has 0 heterocycles. The number of hydrogen-bond donors (Lipinski definition) is 0. The molecule has 0 aromatic carbocycles. The molecule has 0 aliphatic heterocycles. The zero-order valence-electron chi connectivity index (χ0n) is 9.03. The van der Waals surface area contributed by atoms with Crippen LogP contribution in [0.15, 0.2) is 0 Å². The third kappa shape index (κ3) is 2.09. The third-order valence-corrected chi connectivity index (χ3v) is 6.12. The standard InChI is InChI=1S/C8H21N2OP/c1-7-8(2)12(11,9(3)4)10(5)6/h8H,7H2,1-6H3/t8-/m0/s1. The van der Waals surface area contributed by atoms with Crippen LogP contribution in [0.3, 0.4) is 0 Å². The Bertz CT molecular complexity index is 168. The summed E-state index contributed by atoms with van der Waals surface area (Å²) in [7, 11) is 5.24. The summed E-state index contributed by atoms with van der Waals surface area (Å²) in [4.78, 5) is 0. The van der Waals surface area contributed by atoms with Crippen molar-refractivity contribution in [2.75, 3.05) is 28.2 Å². The Morgan fingerprint density at radius 1 is 1.17 bits per heavy atom. The van der Waals surface area contributed by atoms with Gasteiger partial charge in [0.1, 0.15) is 0 Å². The Kier molecular flexibility index (Phi) is 4.46. The lowest BCUT2D eigenvalue weighted by Crippen LogP contribution is -2.27. The van der Waals surface area contributed by atoms with Crippen molar-refractivity contribution in [1.29, 1.82) is 0 Å². The maximum absolute atomic E-state index is 12.4.